The Morgan fingerprint density at radius 3 is 2.12 bits per heavy atom. The molecule has 2 aromatic rings. The van der Waals surface area contributed by atoms with Gasteiger partial charge in [0.15, 0.2) is 0 Å². The minimum absolute atomic E-state index is 0.0569. The SMILES string of the molecule is CC(C)[C@H](NC(=O)c1ccc(F)cc1)C(=O)N1CCN(S(=O)(=O)c2cccc(F)c2)CC1. The summed E-state index contributed by atoms with van der Waals surface area (Å²) >= 11 is 0. The third kappa shape index (κ3) is 5.31. The quantitative estimate of drug-likeness (QED) is 0.709. The van der Waals surface area contributed by atoms with Crippen molar-refractivity contribution < 1.29 is 26.8 Å². The first-order valence-corrected chi connectivity index (χ1v) is 11.6. The van der Waals surface area contributed by atoms with Crippen molar-refractivity contribution >= 4 is 21.8 Å². The Hall–Kier alpha value is -2.85. The average molecular weight is 466 g/mol. The van der Waals surface area contributed by atoms with Crippen LogP contribution in [0, 0.1) is 17.6 Å². The van der Waals surface area contributed by atoms with Crippen LogP contribution >= 0.6 is 0 Å². The van der Waals surface area contributed by atoms with E-state index < -0.39 is 33.6 Å². The first-order chi connectivity index (χ1) is 15.1. The van der Waals surface area contributed by atoms with Gasteiger partial charge in [-0.2, -0.15) is 4.31 Å². The number of nitrogens with one attached hydrogen (secondary N) is 1. The summed E-state index contributed by atoms with van der Waals surface area (Å²) in [4.78, 5) is 26.9. The van der Waals surface area contributed by atoms with Gasteiger partial charge in [0.1, 0.15) is 17.7 Å². The van der Waals surface area contributed by atoms with Gasteiger partial charge in [0, 0.05) is 31.7 Å². The highest BCUT2D eigenvalue weighted by Gasteiger charge is 2.34. The van der Waals surface area contributed by atoms with Crippen LogP contribution in [-0.4, -0.2) is 61.7 Å². The molecule has 172 valence electrons. The Labute approximate surface area is 186 Å². The first-order valence-electron chi connectivity index (χ1n) is 10.2. The summed E-state index contributed by atoms with van der Waals surface area (Å²) in [5, 5.41) is 2.70. The predicted octanol–water partition coefficient (Wildman–Crippen LogP) is 2.25. The molecule has 32 heavy (non-hydrogen) atoms. The van der Waals surface area contributed by atoms with Crippen molar-refractivity contribution in [1.82, 2.24) is 14.5 Å². The predicted molar refractivity (Wildman–Crippen MR) is 114 cm³/mol. The number of halogens is 2. The van der Waals surface area contributed by atoms with Crippen molar-refractivity contribution in [2.24, 2.45) is 5.92 Å². The van der Waals surface area contributed by atoms with Crippen molar-refractivity contribution in [2.75, 3.05) is 26.2 Å². The molecular weight excluding hydrogens is 440 g/mol. The number of sulfonamides is 1. The molecule has 0 aromatic heterocycles. The van der Waals surface area contributed by atoms with Crippen LogP contribution in [0.1, 0.15) is 24.2 Å². The van der Waals surface area contributed by atoms with E-state index in [9.17, 15) is 26.8 Å². The van der Waals surface area contributed by atoms with Crippen LogP contribution in [0.15, 0.2) is 53.4 Å². The van der Waals surface area contributed by atoms with Crippen molar-refractivity contribution in [2.45, 2.75) is 24.8 Å². The molecule has 0 radical (unpaired) electrons. The van der Waals surface area contributed by atoms with Gasteiger partial charge in [-0.05, 0) is 48.4 Å². The Morgan fingerprint density at radius 2 is 1.56 bits per heavy atom. The average Bonchev–Trinajstić information content (AvgIpc) is 2.77. The molecule has 7 nitrogen and oxygen atoms in total. The number of carbonyl (C=O) groups is 2. The maximum atomic E-state index is 13.5. The fourth-order valence-electron chi connectivity index (χ4n) is 3.46. The van der Waals surface area contributed by atoms with Gasteiger partial charge in [-0.3, -0.25) is 9.59 Å². The lowest BCUT2D eigenvalue weighted by atomic mass is 10.0. The molecular formula is C22H25F2N3O4S. The lowest BCUT2D eigenvalue weighted by Gasteiger charge is -2.36. The smallest absolute Gasteiger partial charge is 0.251 e. The molecule has 1 heterocycles. The lowest BCUT2D eigenvalue weighted by Crippen LogP contribution is -2.57. The molecule has 0 saturated carbocycles. The monoisotopic (exact) mass is 465 g/mol. The van der Waals surface area contributed by atoms with Crippen molar-refractivity contribution in [3.8, 4) is 0 Å². The highest BCUT2D eigenvalue weighted by Crippen LogP contribution is 2.19. The highest BCUT2D eigenvalue weighted by molar-refractivity contribution is 7.89. The summed E-state index contributed by atoms with van der Waals surface area (Å²) < 4.78 is 53.3. The van der Waals surface area contributed by atoms with Crippen LogP contribution in [-0.2, 0) is 14.8 Å². The molecule has 1 fully saturated rings. The van der Waals surface area contributed by atoms with Crippen LogP contribution in [0.4, 0.5) is 8.78 Å². The van der Waals surface area contributed by atoms with Gasteiger partial charge in [-0.1, -0.05) is 19.9 Å². The Kier molecular flexibility index (Phi) is 7.25. The zero-order valence-corrected chi connectivity index (χ0v) is 18.6. The van der Waals surface area contributed by atoms with Gasteiger partial charge < -0.3 is 10.2 Å². The number of benzene rings is 2. The van der Waals surface area contributed by atoms with E-state index >= 15 is 0 Å². The third-order valence-corrected chi connectivity index (χ3v) is 7.20. The largest absolute Gasteiger partial charge is 0.340 e. The normalized spacial score (nSPS) is 16.1. The molecule has 1 atom stereocenters. The van der Waals surface area contributed by atoms with E-state index in [2.05, 4.69) is 5.32 Å². The molecule has 3 rings (SSSR count). The van der Waals surface area contributed by atoms with E-state index in [1.165, 1.54) is 51.7 Å². The zero-order valence-electron chi connectivity index (χ0n) is 17.8. The molecule has 2 amide bonds. The van der Waals surface area contributed by atoms with Gasteiger partial charge in [-0.15, -0.1) is 0 Å². The van der Waals surface area contributed by atoms with Crippen LogP contribution in [0.25, 0.3) is 0 Å². The molecule has 0 unspecified atom stereocenters. The van der Waals surface area contributed by atoms with Gasteiger partial charge in [-0.25, -0.2) is 17.2 Å². The number of piperazine rings is 1. The molecule has 1 aliphatic heterocycles. The molecule has 0 bridgehead atoms. The van der Waals surface area contributed by atoms with E-state index in [1.807, 2.05) is 0 Å². The first kappa shape index (κ1) is 23.8. The standard InChI is InChI=1S/C22H25F2N3O4S/c1-15(2)20(25-21(28)16-6-8-17(23)9-7-16)22(29)26-10-12-27(13-11-26)32(30,31)19-5-3-4-18(24)14-19/h3-9,14-15,20H,10-13H2,1-2H3,(H,25,28)/t20-/m0/s1. The van der Waals surface area contributed by atoms with Crippen LogP contribution < -0.4 is 5.32 Å². The maximum Gasteiger partial charge on any atom is 0.251 e. The van der Waals surface area contributed by atoms with E-state index in [0.717, 1.165) is 6.07 Å². The van der Waals surface area contributed by atoms with E-state index in [4.69, 9.17) is 0 Å². The summed E-state index contributed by atoms with van der Waals surface area (Å²) in [6.45, 7) is 3.98. The van der Waals surface area contributed by atoms with E-state index in [-0.39, 0.29) is 48.5 Å². The zero-order chi connectivity index (χ0) is 23.5. The lowest BCUT2D eigenvalue weighted by molar-refractivity contribution is -0.135. The summed E-state index contributed by atoms with van der Waals surface area (Å²) in [7, 11) is -3.87. The van der Waals surface area contributed by atoms with Gasteiger partial charge in [0.25, 0.3) is 5.91 Å². The van der Waals surface area contributed by atoms with E-state index in [1.54, 1.807) is 13.8 Å². The molecule has 10 heteroatoms. The van der Waals surface area contributed by atoms with Crippen LogP contribution in [0.2, 0.25) is 0 Å². The summed E-state index contributed by atoms with van der Waals surface area (Å²) in [6.07, 6.45) is 0. The van der Waals surface area contributed by atoms with Crippen molar-refractivity contribution in [3.63, 3.8) is 0 Å². The molecule has 1 N–H and O–H groups in total. The minimum atomic E-state index is -3.87. The fraction of sp³-hybridized carbons (Fsp3) is 0.364. The molecule has 2 aromatic carbocycles. The Morgan fingerprint density at radius 1 is 0.938 bits per heavy atom. The van der Waals surface area contributed by atoms with Crippen molar-refractivity contribution in [3.05, 3.63) is 65.7 Å². The Bertz CT molecular complexity index is 1080. The molecule has 0 aliphatic carbocycles. The number of rotatable bonds is 6. The molecule has 1 aliphatic rings. The van der Waals surface area contributed by atoms with Gasteiger partial charge in [0.05, 0.1) is 4.90 Å². The topological polar surface area (TPSA) is 86.8 Å². The van der Waals surface area contributed by atoms with Crippen molar-refractivity contribution in [1.29, 1.82) is 0 Å². The number of hydrogen-bond acceptors (Lipinski definition) is 4. The third-order valence-electron chi connectivity index (χ3n) is 5.31. The van der Waals surface area contributed by atoms with E-state index in [0.29, 0.717) is 0 Å². The Balaban J connectivity index is 1.65. The number of carbonyl (C=O) groups excluding carboxylic acids is 2. The maximum absolute atomic E-state index is 13.5. The summed E-state index contributed by atoms with van der Waals surface area (Å²) in [6, 6.07) is 8.98. The highest BCUT2D eigenvalue weighted by atomic mass is 32.2. The summed E-state index contributed by atoms with van der Waals surface area (Å²) in [5.41, 5.74) is 0.232. The van der Waals surface area contributed by atoms with Crippen LogP contribution in [0.5, 0.6) is 0 Å². The number of hydrogen-bond donors (Lipinski definition) is 1. The molecule has 1 saturated heterocycles. The minimum Gasteiger partial charge on any atom is -0.340 e. The fourth-order valence-corrected chi connectivity index (χ4v) is 4.92. The number of amides is 2. The van der Waals surface area contributed by atoms with Gasteiger partial charge >= 0.3 is 0 Å². The second kappa shape index (κ2) is 9.74. The van der Waals surface area contributed by atoms with Crippen LogP contribution in [0.3, 0.4) is 0 Å². The van der Waals surface area contributed by atoms with Gasteiger partial charge in [0.2, 0.25) is 15.9 Å². The molecule has 0 spiro atoms. The summed E-state index contributed by atoms with van der Waals surface area (Å²) in [5.74, 6) is -2.15. The second-order valence-corrected chi connectivity index (χ2v) is 9.83. The number of nitrogens with zero attached hydrogens (tertiary/aromatic N) is 2. The second-order valence-electron chi connectivity index (χ2n) is 7.89.